The number of nitrogens with one attached hydrogen (secondary N) is 1. The second-order valence-corrected chi connectivity index (χ2v) is 6.46. The fourth-order valence-electron chi connectivity index (χ4n) is 2.60. The molecule has 27 heavy (non-hydrogen) atoms. The maximum absolute atomic E-state index is 12.2. The standard InChI is InChI=1S/C21H24ClNO4/c1-4-15-7-6-8-16(5-2)20(15)23-19(24)13-26-21(25)14(3)27-18-11-9-17(22)10-12-18/h6-12,14H,4-5,13H2,1-3H3,(H,23,24). The number of para-hydroxylation sites is 1. The number of carbonyl (C=O) groups is 2. The molecule has 0 spiro atoms. The van der Waals surface area contributed by atoms with Crippen LogP contribution in [-0.4, -0.2) is 24.6 Å². The van der Waals surface area contributed by atoms with Crippen molar-refractivity contribution in [1.82, 2.24) is 0 Å². The molecule has 0 heterocycles. The highest BCUT2D eigenvalue weighted by molar-refractivity contribution is 6.30. The van der Waals surface area contributed by atoms with Gasteiger partial charge in [-0.15, -0.1) is 0 Å². The van der Waals surface area contributed by atoms with Crippen molar-refractivity contribution in [3.8, 4) is 5.75 Å². The summed E-state index contributed by atoms with van der Waals surface area (Å²) < 4.78 is 10.6. The summed E-state index contributed by atoms with van der Waals surface area (Å²) in [6, 6.07) is 12.6. The Labute approximate surface area is 164 Å². The zero-order valence-corrected chi connectivity index (χ0v) is 16.5. The van der Waals surface area contributed by atoms with Gasteiger partial charge < -0.3 is 14.8 Å². The fraction of sp³-hybridized carbons (Fsp3) is 0.333. The molecule has 0 fully saturated rings. The minimum absolute atomic E-state index is 0.367. The Morgan fingerprint density at radius 1 is 1.04 bits per heavy atom. The van der Waals surface area contributed by atoms with Crippen LogP contribution in [-0.2, 0) is 27.2 Å². The maximum Gasteiger partial charge on any atom is 0.347 e. The second-order valence-electron chi connectivity index (χ2n) is 6.03. The lowest BCUT2D eigenvalue weighted by atomic mass is 10.0. The highest BCUT2D eigenvalue weighted by atomic mass is 35.5. The Kier molecular flexibility index (Phi) is 7.67. The quantitative estimate of drug-likeness (QED) is 0.679. The largest absolute Gasteiger partial charge is 0.479 e. The Hall–Kier alpha value is -2.53. The van der Waals surface area contributed by atoms with Crippen molar-refractivity contribution in [3.05, 3.63) is 58.6 Å². The summed E-state index contributed by atoms with van der Waals surface area (Å²) in [6.07, 6.45) is 0.762. The molecule has 0 radical (unpaired) electrons. The molecule has 0 aromatic heterocycles. The third kappa shape index (κ3) is 6.00. The highest BCUT2D eigenvalue weighted by Crippen LogP contribution is 2.22. The van der Waals surface area contributed by atoms with E-state index in [1.165, 1.54) is 0 Å². The zero-order valence-electron chi connectivity index (χ0n) is 15.8. The number of ether oxygens (including phenoxy) is 2. The molecule has 0 aliphatic heterocycles. The van der Waals surface area contributed by atoms with Crippen molar-refractivity contribution in [2.75, 3.05) is 11.9 Å². The molecule has 0 bridgehead atoms. The molecule has 0 aliphatic carbocycles. The van der Waals surface area contributed by atoms with Gasteiger partial charge in [0.1, 0.15) is 5.75 Å². The van der Waals surface area contributed by atoms with Crippen LogP contribution in [0.5, 0.6) is 5.75 Å². The van der Waals surface area contributed by atoms with Gasteiger partial charge in [-0.3, -0.25) is 4.79 Å². The summed E-state index contributed by atoms with van der Waals surface area (Å²) in [7, 11) is 0. The van der Waals surface area contributed by atoms with Crippen molar-refractivity contribution in [2.24, 2.45) is 0 Å². The van der Waals surface area contributed by atoms with Gasteiger partial charge in [0.25, 0.3) is 5.91 Å². The summed E-state index contributed by atoms with van der Waals surface area (Å²) in [5.74, 6) is -0.491. The molecule has 0 saturated carbocycles. The number of halogens is 1. The predicted molar refractivity (Wildman–Crippen MR) is 106 cm³/mol. The van der Waals surface area contributed by atoms with E-state index in [2.05, 4.69) is 5.32 Å². The Bertz CT molecular complexity index is 767. The van der Waals surface area contributed by atoms with E-state index in [1.54, 1.807) is 31.2 Å². The van der Waals surface area contributed by atoms with Gasteiger partial charge >= 0.3 is 5.97 Å². The lowest BCUT2D eigenvalue weighted by Crippen LogP contribution is -2.30. The summed E-state index contributed by atoms with van der Waals surface area (Å²) in [4.78, 5) is 24.3. The highest BCUT2D eigenvalue weighted by Gasteiger charge is 2.18. The van der Waals surface area contributed by atoms with E-state index in [-0.39, 0.29) is 12.5 Å². The average Bonchev–Trinajstić information content (AvgIpc) is 2.67. The molecule has 5 nitrogen and oxygen atoms in total. The maximum atomic E-state index is 12.2. The van der Waals surface area contributed by atoms with Gasteiger partial charge in [0.05, 0.1) is 0 Å². The van der Waals surface area contributed by atoms with E-state index in [4.69, 9.17) is 21.1 Å². The molecular weight excluding hydrogens is 366 g/mol. The van der Waals surface area contributed by atoms with Gasteiger partial charge in [-0.2, -0.15) is 0 Å². The molecule has 0 saturated heterocycles. The summed E-state index contributed by atoms with van der Waals surface area (Å²) in [6.45, 7) is 5.26. The van der Waals surface area contributed by atoms with Gasteiger partial charge in [0.2, 0.25) is 0 Å². The van der Waals surface area contributed by atoms with Crippen molar-refractivity contribution in [2.45, 2.75) is 39.7 Å². The number of aryl methyl sites for hydroxylation is 2. The van der Waals surface area contributed by atoms with E-state index in [9.17, 15) is 9.59 Å². The van der Waals surface area contributed by atoms with Gasteiger partial charge in [-0.25, -0.2) is 4.79 Å². The molecule has 1 N–H and O–H groups in total. The topological polar surface area (TPSA) is 64.6 Å². The number of benzene rings is 2. The van der Waals surface area contributed by atoms with Gasteiger partial charge in [0.15, 0.2) is 12.7 Å². The van der Waals surface area contributed by atoms with Crippen molar-refractivity contribution in [1.29, 1.82) is 0 Å². The van der Waals surface area contributed by atoms with Crippen LogP contribution in [0.1, 0.15) is 31.9 Å². The van der Waals surface area contributed by atoms with Crippen LogP contribution in [0.15, 0.2) is 42.5 Å². The van der Waals surface area contributed by atoms with Crippen molar-refractivity contribution < 1.29 is 19.1 Å². The Balaban J connectivity index is 1.89. The molecule has 144 valence electrons. The van der Waals surface area contributed by atoms with Crippen LogP contribution in [0.3, 0.4) is 0 Å². The monoisotopic (exact) mass is 389 g/mol. The first kappa shape index (κ1) is 20.8. The number of esters is 1. The van der Waals surface area contributed by atoms with E-state index >= 15 is 0 Å². The Morgan fingerprint density at radius 2 is 1.63 bits per heavy atom. The first-order chi connectivity index (χ1) is 12.9. The third-order valence-corrected chi connectivity index (χ3v) is 4.32. The number of anilines is 1. The van der Waals surface area contributed by atoms with Crippen molar-refractivity contribution >= 4 is 29.2 Å². The molecule has 1 atom stereocenters. The first-order valence-electron chi connectivity index (χ1n) is 8.94. The van der Waals surface area contributed by atoms with E-state index < -0.39 is 12.1 Å². The number of hydrogen-bond acceptors (Lipinski definition) is 4. The summed E-state index contributed by atoms with van der Waals surface area (Å²) >= 11 is 5.81. The van der Waals surface area contributed by atoms with Crippen LogP contribution < -0.4 is 10.1 Å². The predicted octanol–water partition coefficient (Wildman–Crippen LogP) is 4.41. The lowest BCUT2D eigenvalue weighted by Gasteiger charge is -2.16. The Morgan fingerprint density at radius 3 is 2.19 bits per heavy atom. The number of amides is 1. The molecule has 0 aliphatic rings. The lowest BCUT2D eigenvalue weighted by molar-refractivity contribution is -0.153. The minimum Gasteiger partial charge on any atom is -0.479 e. The van der Waals surface area contributed by atoms with Crippen molar-refractivity contribution in [3.63, 3.8) is 0 Å². The van der Waals surface area contributed by atoms with Gasteiger partial charge in [-0.05, 0) is 55.2 Å². The first-order valence-corrected chi connectivity index (χ1v) is 9.31. The summed E-state index contributed by atoms with van der Waals surface area (Å²) in [5, 5.41) is 3.44. The molecule has 1 amide bonds. The van der Waals surface area contributed by atoms with Crippen LogP contribution in [0.4, 0.5) is 5.69 Å². The SMILES string of the molecule is CCc1cccc(CC)c1NC(=O)COC(=O)C(C)Oc1ccc(Cl)cc1. The minimum atomic E-state index is -0.840. The van der Waals surface area contributed by atoms with E-state index in [1.807, 2.05) is 32.0 Å². The van der Waals surface area contributed by atoms with Crippen LogP contribution in [0, 0.1) is 0 Å². The number of carbonyl (C=O) groups excluding carboxylic acids is 2. The van der Waals surface area contributed by atoms with Gasteiger partial charge in [-0.1, -0.05) is 43.6 Å². The van der Waals surface area contributed by atoms with Crippen LogP contribution >= 0.6 is 11.6 Å². The van der Waals surface area contributed by atoms with Crippen LogP contribution in [0.25, 0.3) is 0 Å². The molecule has 2 rings (SSSR count). The smallest absolute Gasteiger partial charge is 0.347 e. The van der Waals surface area contributed by atoms with E-state index in [0.29, 0.717) is 10.8 Å². The van der Waals surface area contributed by atoms with Gasteiger partial charge in [0, 0.05) is 10.7 Å². The second kappa shape index (κ2) is 9.97. The zero-order chi connectivity index (χ0) is 19.8. The van der Waals surface area contributed by atoms with E-state index in [0.717, 1.165) is 29.7 Å². The summed E-state index contributed by atoms with van der Waals surface area (Å²) in [5.41, 5.74) is 2.90. The third-order valence-electron chi connectivity index (χ3n) is 4.07. The molecule has 2 aromatic carbocycles. The molecule has 2 aromatic rings. The molecule has 6 heteroatoms. The average molecular weight is 390 g/mol. The van der Waals surface area contributed by atoms with Crippen LogP contribution in [0.2, 0.25) is 5.02 Å². The molecule has 1 unspecified atom stereocenters. The number of hydrogen-bond donors (Lipinski definition) is 1. The number of rotatable bonds is 8. The molecular formula is C21H24ClNO4. The fourth-order valence-corrected chi connectivity index (χ4v) is 2.72. The normalized spacial score (nSPS) is 11.6.